The molecular formula is C24H17F3O6S. The van der Waals surface area contributed by atoms with Gasteiger partial charge in [-0.3, -0.25) is 9.59 Å². The Morgan fingerprint density at radius 1 is 1.03 bits per heavy atom. The van der Waals surface area contributed by atoms with E-state index in [4.69, 9.17) is 18.6 Å². The second kappa shape index (κ2) is 9.22. The van der Waals surface area contributed by atoms with Crippen LogP contribution in [0.15, 0.2) is 63.1 Å². The molecule has 0 aliphatic carbocycles. The van der Waals surface area contributed by atoms with Crippen LogP contribution in [0.3, 0.4) is 0 Å². The molecule has 176 valence electrons. The molecule has 4 aromatic rings. The second-order valence-electron chi connectivity index (χ2n) is 7.09. The third kappa shape index (κ3) is 4.62. The molecule has 0 aliphatic heterocycles. The van der Waals surface area contributed by atoms with E-state index in [0.29, 0.717) is 5.75 Å². The zero-order chi connectivity index (χ0) is 24.5. The number of ether oxygens (including phenoxy) is 3. The van der Waals surface area contributed by atoms with E-state index in [9.17, 15) is 22.8 Å². The summed E-state index contributed by atoms with van der Waals surface area (Å²) in [6.45, 7) is 0. The number of thiophene rings is 1. The SMILES string of the molecule is COc1ccc(-c2c(C(F)(F)F)oc3cc(OC(=O)Cc4cccs4)ccc3c2=O)cc1OC. The van der Waals surface area contributed by atoms with Gasteiger partial charge in [-0.25, -0.2) is 0 Å². The maximum absolute atomic E-state index is 13.9. The first-order valence-corrected chi connectivity index (χ1v) is 10.7. The zero-order valence-corrected chi connectivity index (χ0v) is 18.7. The summed E-state index contributed by atoms with van der Waals surface area (Å²) in [7, 11) is 2.71. The fourth-order valence-corrected chi connectivity index (χ4v) is 4.10. The normalized spacial score (nSPS) is 11.4. The van der Waals surface area contributed by atoms with E-state index in [1.807, 2.05) is 5.38 Å². The van der Waals surface area contributed by atoms with Crippen LogP contribution in [-0.4, -0.2) is 20.2 Å². The number of fused-ring (bicyclic) bond motifs is 1. The molecule has 0 bridgehead atoms. The average molecular weight is 490 g/mol. The number of carbonyl (C=O) groups is 1. The Morgan fingerprint density at radius 2 is 1.79 bits per heavy atom. The standard InChI is InChI=1S/C24H17F3O6S/c1-30-17-8-5-13(10-19(17)31-2)21-22(29)16-7-6-14(11-18(16)33-23(21)24(25,26)27)32-20(28)12-15-4-3-9-34-15/h3-11H,12H2,1-2H3. The van der Waals surface area contributed by atoms with Gasteiger partial charge in [-0.2, -0.15) is 13.2 Å². The quantitative estimate of drug-likeness (QED) is 0.255. The molecule has 2 aromatic carbocycles. The van der Waals surface area contributed by atoms with Gasteiger partial charge in [-0.15, -0.1) is 11.3 Å². The Labute approximate surface area is 195 Å². The van der Waals surface area contributed by atoms with Gasteiger partial charge in [0.05, 0.1) is 31.6 Å². The van der Waals surface area contributed by atoms with Gasteiger partial charge in [0.15, 0.2) is 11.5 Å². The van der Waals surface area contributed by atoms with Crippen LogP contribution in [0.25, 0.3) is 22.1 Å². The largest absolute Gasteiger partial charge is 0.493 e. The molecule has 2 heterocycles. The smallest absolute Gasteiger partial charge is 0.450 e. The second-order valence-corrected chi connectivity index (χ2v) is 8.12. The van der Waals surface area contributed by atoms with Crippen LogP contribution in [0.1, 0.15) is 10.6 Å². The third-order valence-corrected chi connectivity index (χ3v) is 5.80. The van der Waals surface area contributed by atoms with Crippen molar-refractivity contribution >= 4 is 28.3 Å². The molecule has 0 aliphatic rings. The van der Waals surface area contributed by atoms with Crippen LogP contribution in [0.4, 0.5) is 13.2 Å². The van der Waals surface area contributed by atoms with Gasteiger partial charge in [0, 0.05) is 10.9 Å². The summed E-state index contributed by atoms with van der Waals surface area (Å²) >= 11 is 1.37. The first kappa shape index (κ1) is 23.4. The number of hydrogen-bond donors (Lipinski definition) is 0. The first-order chi connectivity index (χ1) is 16.2. The highest BCUT2D eigenvalue weighted by Crippen LogP contribution is 2.40. The van der Waals surface area contributed by atoms with E-state index < -0.39 is 28.9 Å². The third-order valence-electron chi connectivity index (χ3n) is 4.92. The lowest BCUT2D eigenvalue weighted by molar-refractivity contribution is -0.152. The molecule has 0 N–H and O–H groups in total. The van der Waals surface area contributed by atoms with E-state index in [1.165, 1.54) is 55.9 Å². The number of rotatable bonds is 6. The van der Waals surface area contributed by atoms with Crippen molar-refractivity contribution in [1.29, 1.82) is 0 Å². The fraction of sp³-hybridized carbons (Fsp3) is 0.167. The van der Waals surface area contributed by atoms with Gasteiger partial charge in [-0.05, 0) is 41.3 Å². The van der Waals surface area contributed by atoms with Crippen LogP contribution in [0, 0.1) is 0 Å². The fourth-order valence-electron chi connectivity index (χ4n) is 3.41. The summed E-state index contributed by atoms with van der Waals surface area (Å²) in [6.07, 6.45) is -4.96. The van der Waals surface area contributed by atoms with Crippen LogP contribution in [-0.2, 0) is 17.4 Å². The molecule has 0 atom stereocenters. The van der Waals surface area contributed by atoms with E-state index >= 15 is 0 Å². The van der Waals surface area contributed by atoms with Gasteiger partial charge in [0.2, 0.25) is 11.2 Å². The van der Waals surface area contributed by atoms with Crippen LogP contribution in [0.5, 0.6) is 17.2 Å². The molecule has 34 heavy (non-hydrogen) atoms. The van der Waals surface area contributed by atoms with Crippen molar-refractivity contribution < 1.29 is 36.6 Å². The maximum atomic E-state index is 13.9. The van der Waals surface area contributed by atoms with Crippen molar-refractivity contribution in [3.63, 3.8) is 0 Å². The van der Waals surface area contributed by atoms with Gasteiger partial charge >= 0.3 is 12.1 Å². The Kier molecular flexibility index (Phi) is 6.34. The summed E-state index contributed by atoms with van der Waals surface area (Å²) in [5.41, 5.74) is -1.96. The van der Waals surface area contributed by atoms with E-state index in [0.717, 1.165) is 10.9 Å². The molecule has 10 heteroatoms. The highest BCUT2D eigenvalue weighted by atomic mass is 32.1. The Balaban J connectivity index is 1.80. The lowest BCUT2D eigenvalue weighted by Gasteiger charge is -2.15. The number of carbonyl (C=O) groups excluding carboxylic acids is 1. The average Bonchev–Trinajstić information content (AvgIpc) is 3.30. The number of methoxy groups -OCH3 is 2. The molecular weight excluding hydrogens is 473 g/mol. The number of alkyl halides is 3. The monoisotopic (exact) mass is 490 g/mol. The van der Waals surface area contributed by atoms with Gasteiger partial charge in [0.1, 0.15) is 11.3 Å². The summed E-state index contributed by atoms with van der Waals surface area (Å²) < 4.78 is 62.4. The molecule has 0 saturated heterocycles. The van der Waals surface area contributed by atoms with Crippen molar-refractivity contribution in [2.45, 2.75) is 12.6 Å². The minimum absolute atomic E-state index is 0.00565. The maximum Gasteiger partial charge on any atom is 0.450 e. The minimum Gasteiger partial charge on any atom is -0.493 e. The topological polar surface area (TPSA) is 75.0 Å². The number of benzene rings is 2. The molecule has 6 nitrogen and oxygen atoms in total. The number of esters is 1. The summed E-state index contributed by atoms with van der Waals surface area (Å²) in [4.78, 5) is 26.1. The van der Waals surface area contributed by atoms with Crippen LogP contribution < -0.4 is 19.6 Å². The first-order valence-electron chi connectivity index (χ1n) is 9.84. The van der Waals surface area contributed by atoms with E-state index in [2.05, 4.69) is 0 Å². The highest BCUT2D eigenvalue weighted by Gasteiger charge is 2.39. The van der Waals surface area contributed by atoms with Gasteiger partial charge < -0.3 is 18.6 Å². The summed E-state index contributed by atoms with van der Waals surface area (Å²) in [6, 6.07) is 11.2. The number of halogens is 3. The van der Waals surface area contributed by atoms with E-state index in [-0.39, 0.29) is 34.5 Å². The molecule has 2 aromatic heterocycles. The van der Waals surface area contributed by atoms with Crippen molar-refractivity contribution in [1.82, 2.24) is 0 Å². The highest BCUT2D eigenvalue weighted by molar-refractivity contribution is 7.10. The summed E-state index contributed by atoms with van der Waals surface area (Å²) in [5.74, 6) is -1.66. The molecule has 0 fully saturated rings. The predicted molar refractivity (Wildman–Crippen MR) is 120 cm³/mol. The Bertz CT molecular complexity index is 1410. The molecule has 4 rings (SSSR count). The van der Waals surface area contributed by atoms with Crippen molar-refractivity contribution in [2.75, 3.05) is 14.2 Å². The molecule has 0 radical (unpaired) electrons. The van der Waals surface area contributed by atoms with Crippen LogP contribution in [0.2, 0.25) is 0 Å². The summed E-state index contributed by atoms with van der Waals surface area (Å²) in [5, 5.41) is 1.71. The molecule has 0 unspecified atom stereocenters. The minimum atomic E-state index is -4.97. The lowest BCUT2D eigenvalue weighted by Crippen LogP contribution is -2.16. The Morgan fingerprint density at radius 3 is 2.44 bits per heavy atom. The molecule has 0 saturated carbocycles. The zero-order valence-electron chi connectivity index (χ0n) is 17.9. The van der Waals surface area contributed by atoms with E-state index in [1.54, 1.807) is 12.1 Å². The lowest BCUT2D eigenvalue weighted by atomic mass is 10.0. The predicted octanol–water partition coefficient (Wildman–Crippen LogP) is 5.71. The Hall–Kier alpha value is -3.79. The number of hydrogen-bond acceptors (Lipinski definition) is 7. The van der Waals surface area contributed by atoms with Crippen molar-refractivity contribution in [2.24, 2.45) is 0 Å². The molecule has 0 amide bonds. The molecule has 0 spiro atoms. The van der Waals surface area contributed by atoms with Crippen LogP contribution >= 0.6 is 11.3 Å². The van der Waals surface area contributed by atoms with Gasteiger partial charge in [0.25, 0.3) is 0 Å². The van der Waals surface area contributed by atoms with Gasteiger partial charge in [-0.1, -0.05) is 12.1 Å². The van der Waals surface area contributed by atoms with Crippen molar-refractivity contribution in [3.8, 4) is 28.4 Å². The van der Waals surface area contributed by atoms with Crippen molar-refractivity contribution in [3.05, 3.63) is 74.8 Å².